The van der Waals surface area contributed by atoms with E-state index >= 15 is 0 Å². The lowest BCUT2D eigenvalue weighted by molar-refractivity contribution is 0.416. The minimum Gasteiger partial charge on any atom is -0.496 e. The molecule has 20 heavy (non-hydrogen) atoms. The van der Waals surface area contributed by atoms with Gasteiger partial charge in [-0.1, -0.05) is 23.7 Å². The number of benzene rings is 2. The zero-order valence-electron chi connectivity index (χ0n) is 10.8. The van der Waals surface area contributed by atoms with Crippen LogP contribution in [-0.4, -0.2) is 21.9 Å². The third-order valence-electron chi connectivity index (χ3n) is 2.97. The number of aromatic nitrogens is 3. The number of hydrogen-bond donors (Lipinski definition) is 0. The van der Waals surface area contributed by atoms with E-state index in [4.69, 9.17) is 16.3 Å². The maximum Gasteiger partial charge on any atom is 0.166 e. The summed E-state index contributed by atoms with van der Waals surface area (Å²) in [5.41, 5.74) is 1.79. The highest BCUT2D eigenvalue weighted by atomic mass is 35.5. The second kappa shape index (κ2) is 5.35. The minimum absolute atomic E-state index is 0.688. The average molecular weight is 286 g/mol. The van der Waals surface area contributed by atoms with Crippen molar-refractivity contribution in [1.82, 2.24) is 14.8 Å². The molecule has 3 rings (SSSR count). The number of rotatable bonds is 3. The Bertz CT molecular complexity index is 722. The maximum atomic E-state index is 5.91. The van der Waals surface area contributed by atoms with Gasteiger partial charge in [0.15, 0.2) is 5.82 Å². The lowest BCUT2D eigenvalue weighted by atomic mass is 10.2. The van der Waals surface area contributed by atoms with E-state index in [-0.39, 0.29) is 0 Å². The van der Waals surface area contributed by atoms with Gasteiger partial charge in [-0.2, -0.15) is 5.10 Å². The van der Waals surface area contributed by atoms with Crippen LogP contribution in [0.2, 0.25) is 5.02 Å². The molecule has 5 heteroatoms. The highest BCUT2D eigenvalue weighted by Crippen LogP contribution is 2.29. The first-order chi connectivity index (χ1) is 9.79. The van der Waals surface area contributed by atoms with Crippen molar-refractivity contribution in [2.75, 3.05) is 7.11 Å². The second-order valence-electron chi connectivity index (χ2n) is 4.17. The summed E-state index contributed by atoms with van der Waals surface area (Å²) in [6.45, 7) is 0. The van der Waals surface area contributed by atoms with Crippen molar-refractivity contribution in [3.63, 3.8) is 0 Å². The molecular weight excluding hydrogens is 274 g/mol. The van der Waals surface area contributed by atoms with Crippen LogP contribution in [0.25, 0.3) is 17.1 Å². The summed E-state index contributed by atoms with van der Waals surface area (Å²) in [7, 11) is 1.64. The van der Waals surface area contributed by atoms with E-state index in [2.05, 4.69) is 10.1 Å². The number of halogens is 1. The highest BCUT2D eigenvalue weighted by Gasteiger charge is 2.13. The molecule has 0 aliphatic carbocycles. The van der Waals surface area contributed by atoms with Crippen molar-refractivity contribution in [2.24, 2.45) is 0 Å². The normalized spacial score (nSPS) is 10.5. The fourth-order valence-electron chi connectivity index (χ4n) is 2.03. The molecule has 0 atom stereocenters. The summed E-state index contributed by atoms with van der Waals surface area (Å²) in [6.07, 6.45) is 1.52. The molecule has 0 N–H and O–H groups in total. The highest BCUT2D eigenvalue weighted by molar-refractivity contribution is 6.30. The van der Waals surface area contributed by atoms with Crippen molar-refractivity contribution in [1.29, 1.82) is 0 Å². The number of nitrogens with zero attached hydrogens (tertiary/aromatic N) is 3. The van der Waals surface area contributed by atoms with Gasteiger partial charge >= 0.3 is 0 Å². The molecule has 4 nitrogen and oxygen atoms in total. The molecule has 0 saturated heterocycles. The summed E-state index contributed by atoms with van der Waals surface area (Å²) in [4.78, 5) is 4.33. The van der Waals surface area contributed by atoms with Crippen molar-refractivity contribution >= 4 is 11.6 Å². The summed E-state index contributed by atoms with van der Waals surface area (Å²) in [5.74, 6) is 1.49. The van der Waals surface area contributed by atoms with Crippen molar-refractivity contribution in [2.45, 2.75) is 0 Å². The molecule has 0 saturated carbocycles. The van der Waals surface area contributed by atoms with Crippen LogP contribution in [0.4, 0.5) is 0 Å². The zero-order chi connectivity index (χ0) is 13.9. The Morgan fingerprint density at radius 2 is 1.80 bits per heavy atom. The molecule has 0 spiro atoms. The predicted octanol–water partition coefficient (Wildman–Crippen LogP) is 3.60. The SMILES string of the molecule is COc1ccccc1-c1ncnn1-c1ccc(Cl)cc1. The van der Waals surface area contributed by atoms with Crippen LogP contribution in [0, 0.1) is 0 Å². The number of para-hydroxylation sites is 1. The van der Waals surface area contributed by atoms with E-state index < -0.39 is 0 Å². The Labute approximate surface area is 121 Å². The Morgan fingerprint density at radius 1 is 1.05 bits per heavy atom. The van der Waals surface area contributed by atoms with Gasteiger partial charge in [-0.25, -0.2) is 9.67 Å². The van der Waals surface area contributed by atoms with Gasteiger partial charge in [0.25, 0.3) is 0 Å². The monoisotopic (exact) mass is 285 g/mol. The van der Waals surface area contributed by atoms with Gasteiger partial charge in [0.1, 0.15) is 12.1 Å². The third kappa shape index (κ3) is 2.26. The molecule has 2 aromatic carbocycles. The van der Waals surface area contributed by atoms with E-state index in [1.54, 1.807) is 11.8 Å². The minimum atomic E-state index is 0.688. The molecule has 100 valence electrons. The van der Waals surface area contributed by atoms with Gasteiger partial charge in [0.05, 0.1) is 18.4 Å². The predicted molar refractivity (Wildman–Crippen MR) is 78.4 cm³/mol. The van der Waals surface area contributed by atoms with Crippen molar-refractivity contribution in [3.8, 4) is 22.8 Å². The summed E-state index contributed by atoms with van der Waals surface area (Å²) < 4.78 is 7.14. The standard InChI is InChI=1S/C15H12ClN3O/c1-20-14-5-3-2-4-13(14)15-17-10-18-19(15)12-8-6-11(16)7-9-12/h2-10H,1H3. The van der Waals surface area contributed by atoms with Crippen molar-refractivity contribution in [3.05, 3.63) is 59.9 Å². The Morgan fingerprint density at radius 3 is 2.55 bits per heavy atom. The fraction of sp³-hybridized carbons (Fsp3) is 0.0667. The molecule has 0 fully saturated rings. The number of methoxy groups -OCH3 is 1. The molecule has 0 aliphatic heterocycles. The summed E-state index contributed by atoms with van der Waals surface area (Å²) >= 11 is 5.91. The molecule has 0 aliphatic rings. The smallest absolute Gasteiger partial charge is 0.166 e. The van der Waals surface area contributed by atoms with Gasteiger partial charge in [-0.15, -0.1) is 0 Å². The second-order valence-corrected chi connectivity index (χ2v) is 4.61. The van der Waals surface area contributed by atoms with Crippen LogP contribution in [0.1, 0.15) is 0 Å². The first-order valence-corrected chi connectivity index (χ1v) is 6.47. The zero-order valence-corrected chi connectivity index (χ0v) is 11.6. The van der Waals surface area contributed by atoms with Crippen LogP contribution >= 0.6 is 11.6 Å². The van der Waals surface area contributed by atoms with Gasteiger partial charge in [0, 0.05) is 5.02 Å². The van der Waals surface area contributed by atoms with E-state index in [0.29, 0.717) is 5.02 Å². The lowest BCUT2D eigenvalue weighted by Gasteiger charge is -2.09. The van der Waals surface area contributed by atoms with Gasteiger partial charge < -0.3 is 4.74 Å². The fourth-order valence-corrected chi connectivity index (χ4v) is 2.15. The topological polar surface area (TPSA) is 39.9 Å². The molecule has 1 heterocycles. The Hall–Kier alpha value is -2.33. The van der Waals surface area contributed by atoms with Crippen LogP contribution in [0.3, 0.4) is 0 Å². The number of ether oxygens (including phenoxy) is 1. The van der Waals surface area contributed by atoms with E-state index in [1.807, 2.05) is 48.5 Å². The summed E-state index contributed by atoms with van der Waals surface area (Å²) in [6, 6.07) is 15.2. The third-order valence-corrected chi connectivity index (χ3v) is 3.22. The molecule has 0 unspecified atom stereocenters. The Balaban J connectivity index is 2.13. The number of hydrogen-bond acceptors (Lipinski definition) is 3. The van der Waals surface area contributed by atoms with E-state index in [9.17, 15) is 0 Å². The van der Waals surface area contributed by atoms with Crippen molar-refractivity contribution < 1.29 is 4.74 Å². The maximum absolute atomic E-state index is 5.91. The largest absolute Gasteiger partial charge is 0.496 e. The van der Waals surface area contributed by atoms with Crippen LogP contribution in [0.15, 0.2) is 54.9 Å². The van der Waals surface area contributed by atoms with Crippen LogP contribution in [-0.2, 0) is 0 Å². The van der Waals surface area contributed by atoms with E-state index in [1.165, 1.54) is 6.33 Å². The van der Waals surface area contributed by atoms with Gasteiger partial charge in [0.2, 0.25) is 0 Å². The molecule has 1 aromatic heterocycles. The molecule has 3 aromatic rings. The molecule has 0 amide bonds. The Kier molecular flexibility index (Phi) is 3.39. The van der Waals surface area contributed by atoms with E-state index in [0.717, 1.165) is 22.8 Å². The van der Waals surface area contributed by atoms with Crippen LogP contribution in [0.5, 0.6) is 5.75 Å². The lowest BCUT2D eigenvalue weighted by Crippen LogP contribution is -2.00. The quantitative estimate of drug-likeness (QED) is 0.738. The molecular formula is C15H12ClN3O. The van der Waals surface area contributed by atoms with Gasteiger partial charge in [-0.05, 0) is 36.4 Å². The first kappa shape index (κ1) is 12.7. The molecule has 0 bridgehead atoms. The van der Waals surface area contributed by atoms with Gasteiger partial charge in [-0.3, -0.25) is 0 Å². The average Bonchev–Trinajstić information content (AvgIpc) is 2.97. The first-order valence-electron chi connectivity index (χ1n) is 6.09. The van der Waals surface area contributed by atoms with Crippen LogP contribution < -0.4 is 4.74 Å². The summed E-state index contributed by atoms with van der Waals surface area (Å²) in [5, 5.41) is 4.96. The molecule has 0 radical (unpaired) electrons.